The van der Waals surface area contributed by atoms with E-state index in [-0.39, 0.29) is 5.54 Å². The van der Waals surface area contributed by atoms with Crippen molar-refractivity contribution < 1.29 is 4.57 Å². The van der Waals surface area contributed by atoms with Crippen molar-refractivity contribution in [1.29, 1.82) is 0 Å². The molecule has 0 saturated carbocycles. The molecule has 1 aliphatic heterocycles. The molecule has 132 valence electrons. The summed E-state index contributed by atoms with van der Waals surface area (Å²) < 4.78 is 6.43. The number of rotatable bonds is 0. The third kappa shape index (κ3) is 1.61. The number of aromatic nitrogens is 2. The number of benzene rings is 2. The van der Waals surface area contributed by atoms with Crippen LogP contribution >= 0.6 is 11.3 Å². The molecule has 2 nitrogen and oxygen atoms in total. The highest BCUT2D eigenvalue weighted by atomic mass is 32.1. The zero-order valence-electron chi connectivity index (χ0n) is 16.6. The molecule has 0 unspecified atom stereocenters. The van der Waals surface area contributed by atoms with E-state index in [1.807, 2.05) is 11.3 Å². The molecule has 5 rings (SSSR count). The fraction of sp³-hybridized carbons (Fsp3) is 0.348. The lowest BCUT2D eigenvalue weighted by atomic mass is 9.92. The van der Waals surface area contributed by atoms with Gasteiger partial charge in [0.15, 0.2) is 11.0 Å². The summed E-state index contributed by atoms with van der Waals surface area (Å²) in [7, 11) is 2.24. The SMILES string of the molecule is Cc1c(C)c(C)c2c(c1C)n1c([n+]2C)-c2sc3ccccc3c2C1(C)C. The van der Waals surface area contributed by atoms with Crippen molar-refractivity contribution in [2.75, 3.05) is 0 Å². The van der Waals surface area contributed by atoms with Crippen molar-refractivity contribution in [3.8, 4) is 10.7 Å². The van der Waals surface area contributed by atoms with Gasteiger partial charge in [0.2, 0.25) is 0 Å². The second-order valence-electron chi connectivity index (χ2n) is 8.28. The van der Waals surface area contributed by atoms with Crippen molar-refractivity contribution in [3.05, 3.63) is 52.1 Å². The largest absolute Gasteiger partial charge is 0.301 e. The van der Waals surface area contributed by atoms with Gasteiger partial charge in [-0.05, 0) is 58.7 Å². The first-order valence-electron chi connectivity index (χ1n) is 9.30. The minimum absolute atomic E-state index is 0.0529. The minimum Gasteiger partial charge on any atom is -0.225 e. The summed E-state index contributed by atoms with van der Waals surface area (Å²) in [5.41, 5.74) is 9.89. The molecule has 0 fully saturated rings. The lowest BCUT2D eigenvalue weighted by Crippen LogP contribution is -2.30. The van der Waals surface area contributed by atoms with Gasteiger partial charge in [-0.15, -0.1) is 11.3 Å². The van der Waals surface area contributed by atoms with E-state index < -0.39 is 0 Å². The van der Waals surface area contributed by atoms with E-state index in [1.54, 1.807) is 0 Å². The third-order valence-electron chi connectivity index (χ3n) is 6.68. The maximum atomic E-state index is 2.60. The number of aryl methyl sites for hydroxylation is 3. The predicted molar refractivity (Wildman–Crippen MR) is 111 cm³/mol. The van der Waals surface area contributed by atoms with Crippen LogP contribution in [0.15, 0.2) is 24.3 Å². The molecule has 0 aliphatic carbocycles. The molecule has 1 aliphatic rings. The molecule has 0 radical (unpaired) electrons. The Kier molecular flexibility index (Phi) is 2.95. The Balaban J connectivity index is 2.05. The molecule has 0 amide bonds. The number of nitrogens with zero attached hydrogens (tertiary/aromatic N) is 2. The molecular formula is C23H25N2S+. The summed E-state index contributed by atoms with van der Waals surface area (Å²) in [6, 6.07) is 8.86. The van der Waals surface area contributed by atoms with Crippen LogP contribution in [0.4, 0.5) is 0 Å². The first kappa shape index (κ1) is 16.1. The van der Waals surface area contributed by atoms with Crippen LogP contribution in [-0.4, -0.2) is 4.57 Å². The molecule has 0 spiro atoms. The summed E-state index contributed by atoms with van der Waals surface area (Å²) in [4.78, 5) is 1.43. The fourth-order valence-electron chi connectivity index (χ4n) is 5.04. The van der Waals surface area contributed by atoms with Gasteiger partial charge < -0.3 is 0 Å². The van der Waals surface area contributed by atoms with Crippen molar-refractivity contribution in [1.82, 2.24) is 4.57 Å². The van der Waals surface area contributed by atoms with Crippen LogP contribution in [0.3, 0.4) is 0 Å². The second kappa shape index (κ2) is 4.77. The molecule has 3 heterocycles. The molecule has 26 heavy (non-hydrogen) atoms. The van der Waals surface area contributed by atoms with Gasteiger partial charge in [-0.2, -0.15) is 0 Å². The second-order valence-corrected chi connectivity index (χ2v) is 9.33. The zero-order valence-corrected chi connectivity index (χ0v) is 17.4. The van der Waals surface area contributed by atoms with Gasteiger partial charge in [0.05, 0.1) is 7.05 Å². The van der Waals surface area contributed by atoms with Gasteiger partial charge in [-0.3, -0.25) is 0 Å². The van der Waals surface area contributed by atoms with Crippen molar-refractivity contribution >= 4 is 32.5 Å². The number of thiophene rings is 1. The van der Waals surface area contributed by atoms with Crippen LogP contribution in [0.25, 0.3) is 31.8 Å². The van der Waals surface area contributed by atoms with Gasteiger partial charge in [-0.25, -0.2) is 9.13 Å². The Bertz CT molecular complexity index is 1250. The number of imidazole rings is 1. The van der Waals surface area contributed by atoms with E-state index in [1.165, 1.54) is 59.6 Å². The van der Waals surface area contributed by atoms with Crippen molar-refractivity contribution in [2.24, 2.45) is 7.05 Å². The van der Waals surface area contributed by atoms with Crippen LogP contribution in [0, 0.1) is 27.7 Å². The van der Waals surface area contributed by atoms with Gasteiger partial charge >= 0.3 is 5.82 Å². The molecule has 4 aromatic rings. The van der Waals surface area contributed by atoms with E-state index in [0.29, 0.717) is 0 Å². The Morgan fingerprint density at radius 3 is 2.31 bits per heavy atom. The van der Waals surface area contributed by atoms with E-state index in [4.69, 9.17) is 0 Å². The summed E-state index contributed by atoms with van der Waals surface area (Å²) in [6.07, 6.45) is 0. The predicted octanol–water partition coefficient (Wildman–Crippen LogP) is 5.68. The van der Waals surface area contributed by atoms with Crippen molar-refractivity contribution in [2.45, 2.75) is 47.1 Å². The highest BCUT2D eigenvalue weighted by Gasteiger charge is 2.49. The van der Waals surface area contributed by atoms with Crippen LogP contribution in [-0.2, 0) is 12.6 Å². The number of hydrogen-bond acceptors (Lipinski definition) is 1. The lowest BCUT2D eigenvalue weighted by molar-refractivity contribution is -0.634. The van der Waals surface area contributed by atoms with Crippen molar-refractivity contribution in [3.63, 3.8) is 0 Å². The van der Waals surface area contributed by atoms with Crippen LogP contribution in [0.1, 0.15) is 41.7 Å². The fourth-order valence-corrected chi connectivity index (χ4v) is 6.47. The highest BCUT2D eigenvalue weighted by molar-refractivity contribution is 7.22. The van der Waals surface area contributed by atoms with E-state index in [2.05, 4.69) is 82.0 Å². The standard InChI is InChI=1S/C23H25N2S/c1-12-13(2)15(4)20-19(14(12)3)24(7)22-21-18(23(5,6)25(20)22)16-10-8-9-11-17(16)26-21/h8-11H,1-7H3/q+1. The molecule has 0 atom stereocenters. The Morgan fingerprint density at radius 1 is 0.923 bits per heavy atom. The van der Waals surface area contributed by atoms with Crippen LogP contribution < -0.4 is 4.57 Å². The lowest BCUT2D eigenvalue weighted by Gasteiger charge is -2.20. The minimum atomic E-state index is -0.0529. The van der Waals surface area contributed by atoms with Gasteiger partial charge in [0.1, 0.15) is 10.4 Å². The summed E-state index contributed by atoms with van der Waals surface area (Å²) in [5.74, 6) is 1.36. The Labute approximate surface area is 158 Å². The third-order valence-corrected chi connectivity index (χ3v) is 7.85. The summed E-state index contributed by atoms with van der Waals surface area (Å²) in [5, 5.41) is 1.41. The average Bonchev–Trinajstić information content (AvgIpc) is 3.20. The Morgan fingerprint density at radius 2 is 1.58 bits per heavy atom. The van der Waals surface area contributed by atoms with Gasteiger partial charge in [-0.1, -0.05) is 18.2 Å². The normalized spacial score (nSPS) is 15.0. The maximum absolute atomic E-state index is 2.60. The molecule has 2 aromatic carbocycles. The molecule has 3 heteroatoms. The first-order valence-corrected chi connectivity index (χ1v) is 10.1. The molecule has 0 saturated heterocycles. The Hall–Kier alpha value is -2.13. The number of hydrogen-bond donors (Lipinski definition) is 0. The summed E-state index contributed by atoms with van der Waals surface area (Å²) in [6.45, 7) is 13.9. The van der Waals surface area contributed by atoms with E-state index in [0.717, 1.165) is 0 Å². The highest BCUT2D eigenvalue weighted by Crippen LogP contribution is 2.52. The smallest absolute Gasteiger partial charge is 0.225 e. The summed E-state index contributed by atoms with van der Waals surface area (Å²) >= 11 is 1.94. The maximum Gasteiger partial charge on any atom is 0.301 e. The zero-order chi connectivity index (χ0) is 18.5. The first-order chi connectivity index (χ1) is 12.3. The van der Waals surface area contributed by atoms with Gasteiger partial charge in [0.25, 0.3) is 0 Å². The van der Waals surface area contributed by atoms with Crippen LogP contribution in [0.5, 0.6) is 0 Å². The van der Waals surface area contributed by atoms with Gasteiger partial charge in [0, 0.05) is 26.8 Å². The molecule has 0 N–H and O–H groups in total. The van der Waals surface area contributed by atoms with E-state index >= 15 is 0 Å². The topological polar surface area (TPSA) is 8.81 Å². The number of fused-ring (bicyclic) bond motifs is 7. The molecule has 0 bridgehead atoms. The van der Waals surface area contributed by atoms with E-state index in [9.17, 15) is 0 Å². The monoisotopic (exact) mass is 361 g/mol. The average molecular weight is 362 g/mol. The quantitative estimate of drug-likeness (QED) is 0.356. The molecular weight excluding hydrogens is 336 g/mol. The molecule has 2 aromatic heterocycles. The van der Waals surface area contributed by atoms with Crippen LogP contribution in [0.2, 0.25) is 0 Å².